The fourth-order valence-electron chi connectivity index (χ4n) is 3.86. The molecule has 0 fully saturated rings. The Kier molecular flexibility index (Phi) is 3.40. The van der Waals surface area contributed by atoms with E-state index in [0.29, 0.717) is 0 Å². The van der Waals surface area contributed by atoms with Crippen LogP contribution < -0.4 is 21.4 Å². The molecule has 0 saturated heterocycles. The minimum Gasteiger partial charge on any atom is -0.361 e. The van der Waals surface area contributed by atoms with Gasteiger partial charge in [-0.3, -0.25) is 0 Å². The molecule has 0 aliphatic carbocycles. The van der Waals surface area contributed by atoms with Gasteiger partial charge in [0.1, 0.15) is 0 Å². The minimum atomic E-state index is 1.04. The summed E-state index contributed by atoms with van der Waals surface area (Å²) in [6.45, 7) is 0. The standard InChI is InChI=1S/C24H19N5/c1-2-23(25-9-1)22-13-21-12-19-6-5-17(27-19)10-15-3-4-16(26-15)11-18-7-8-20(28-18)14-24(22)29-21/h1-14,25-29H. The Balaban J connectivity index is 1.64. The molecule has 5 heteroatoms. The highest BCUT2D eigenvalue weighted by molar-refractivity contribution is 5.74. The van der Waals surface area contributed by atoms with Crippen LogP contribution in [0.15, 0.2) is 60.8 Å². The van der Waals surface area contributed by atoms with Crippen molar-refractivity contribution in [1.82, 2.24) is 24.9 Å². The molecule has 0 unspecified atom stereocenters. The Morgan fingerprint density at radius 3 is 1.76 bits per heavy atom. The van der Waals surface area contributed by atoms with Crippen LogP contribution in [0.5, 0.6) is 0 Å². The third-order valence-electron chi connectivity index (χ3n) is 5.18. The van der Waals surface area contributed by atoms with Crippen LogP contribution in [0.2, 0.25) is 0 Å². The lowest BCUT2D eigenvalue weighted by Gasteiger charge is -1.95. The molecule has 5 nitrogen and oxygen atoms in total. The molecule has 5 aromatic rings. The fraction of sp³-hybridized carbons (Fsp3) is 0. The lowest BCUT2D eigenvalue weighted by Crippen LogP contribution is -2.10. The summed E-state index contributed by atoms with van der Waals surface area (Å²) in [7, 11) is 0. The van der Waals surface area contributed by atoms with Gasteiger partial charge in [-0.05, 0) is 78.9 Å². The lowest BCUT2D eigenvalue weighted by molar-refractivity contribution is 1.23. The van der Waals surface area contributed by atoms with Crippen LogP contribution in [0.25, 0.3) is 35.6 Å². The summed E-state index contributed by atoms with van der Waals surface area (Å²) in [4.78, 5) is 17.2. The Morgan fingerprint density at radius 2 is 1.14 bits per heavy atom. The number of nitrogens with one attached hydrogen (secondary N) is 5. The van der Waals surface area contributed by atoms with E-state index in [1.54, 1.807) is 0 Å². The van der Waals surface area contributed by atoms with Gasteiger partial charge in [0, 0.05) is 55.9 Å². The predicted molar refractivity (Wildman–Crippen MR) is 116 cm³/mol. The summed E-state index contributed by atoms with van der Waals surface area (Å²) in [5.41, 5.74) is 6.44. The highest BCUT2D eigenvalue weighted by Crippen LogP contribution is 2.24. The van der Waals surface area contributed by atoms with E-state index < -0.39 is 0 Å². The van der Waals surface area contributed by atoms with Gasteiger partial charge in [0.05, 0.1) is 5.69 Å². The smallest absolute Gasteiger partial charge is 0.0500 e. The van der Waals surface area contributed by atoms with Crippen LogP contribution in [0.3, 0.4) is 0 Å². The van der Waals surface area contributed by atoms with E-state index in [1.807, 2.05) is 12.3 Å². The van der Waals surface area contributed by atoms with Gasteiger partial charge in [0.25, 0.3) is 0 Å². The zero-order valence-corrected chi connectivity index (χ0v) is 15.6. The van der Waals surface area contributed by atoms with Crippen molar-refractivity contribution in [3.05, 3.63) is 105 Å². The zero-order valence-electron chi connectivity index (χ0n) is 15.6. The van der Waals surface area contributed by atoms with Crippen LogP contribution in [0.4, 0.5) is 0 Å². The summed E-state index contributed by atoms with van der Waals surface area (Å²) < 4.78 is 0. The quantitative estimate of drug-likeness (QED) is 0.289. The van der Waals surface area contributed by atoms with E-state index in [0.717, 1.165) is 55.4 Å². The first-order valence-electron chi connectivity index (χ1n) is 9.61. The summed E-state index contributed by atoms with van der Waals surface area (Å²) in [6.07, 6.45) is 10.4. The molecular formula is C24H19N5. The van der Waals surface area contributed by atoms with Crippen molar-refractivity contribution >= 4 is 24.3 Å². The molecule has 5 N–H and O–H groups in total. The maximum absolute atomic E-state index is 3.55. The molecule has 1 aliphatic heterocycles. The average molecular weight is 377 g/mol. The monoisotopic (exact) mass is 377 g/mol. The summed E-state index contributed by atoms with van der Waals surface area (Å²) in [5.74, 6) is 0. The van der Waals surface area contributed by atoms with Gasteiger partial charge in [0.15, 0.2) is 0 Å². The van der Waals surface area contributed by atoms with Gasteiger partial charge in [-0.2, -0.15) is 0 Å². The van der Waals surface area contributed by atoms with Crippen LogP contribution in [0.1, 0.15) is 22.8 Å². The number of fused-ring (bicyclic) bond motifs is 8. The Labute approximate surface area is 165 Å². The van der Waals surface area contributed by atoms with E-state index in [4.69, 9.17) is 0 Å². The van der Waals surface area contributed by atoms with E-state index >= 15 is 0 Å². The van der Waals surface area contributed by atoms with Crippen molar-refractivity contribution in [3.8, 4) is 11.3 Å². The maximum Gasteiger partial charge on any atom is 0.0500 e. The molecule has 5 aromatic heterocycles. The van der Waals surface area contributed by atoms with Gasteiger partial charge < -0.3 is 24.9 Å². The molecule has 0 atom stereocenters. The van der Waals surface area contributed by atoms with E-state index in [9.17, 15) is 0 Å². The first-order chi connectivity index (χ1) is 14.3. The van der Waals surface area contributed by atoms with E-state index in [1.165, 1.54) is 0 Å². The number of aromatic amines is 5. The van der Waals surface area contributed by atoms with Crippen molar-refractivity contribution in [1.29, 1.82) is 0 Å². The Hall–Kier alpha value is -4.12. The van der Waals surface area contributed by atoms with Crippen LogP contribution in [-0.2, 0) is 0 Å². The number of aromatic nitrogens is 5. The normalized spacial score (nSPS) is 12.6. The third-order valence-corrected chi connectivity index (χ3v) is 5.18. The molecule has 0 saturated carbocycles. The lowest BCUT2D eigenvalue weighted by atomic mass is 10.1. The molecule has 8 bridgehead atoms. The third kappa shape index (κ3) is 2.99. The van der Waals surface area contributed by atoms with Gasteiger partial charge in [-0.25, -0.2) is 0 Å². The molecule has 6 rings (SSSR count). The number of hydrogen-bond acceptors (Lipinski definition) is 0. The molecule has 0 aromatic carbocycles. The zero-order chi connectivity index (χ0) is 19.2. The SMILES string of the molecule is C1=c2ccc([nH]2)=Cc2cc(-c3ccc[nH]3)c([nH]2)C=c2ccc([nH]2)=Cc2ccc1[nH]2. The van der Waals surface area contributed by atoms with Gasteiger partial charge in [-0.1, -0.05) is 0 Å². The van der Waals surface area contributed by atoms with Crippen molar-refractivity contribution in [2.45, 2.75) is 0 Å². The van der Waals surface area contributed by atoms with E-state index in [-0.39, 0.29) is 0 Å². The molecule has 0 radical (unpaired) electrons. The molecule has 6 heterocycles. The summed E-state index contributed by atoms with van der Waals surface area (Å²) in [6, 6.07) is 18.8. The van der Waals surface area contributed by atoms with Crippen molar-refractivity contribution < 1.29 is 0 Å². The molecule has 1 aliphatic rings. The van der Waals surface area contributed by atoms with Gasteiger partial charge in [-0.15, -0.1) is 0 Å². The minimum absolute atomic E-state index is 1.04. The second-order valence-electron chi connectivity index (χ2n) is 7.32. The number of rotatable bonds is 1. The van der Waals surface area contributed by atoms with Crippen LogP contribution in [0, 0.1) is 0 Å². The Bertz CT molecular complexity index is 1550. The molecule has 0 amide bonds. The topological polar surface area (TPSA) is 78.9 Å². The van der Waals surface area contributed by atoms with Crippen molar-refractivity contribution in [3.63, 3.8) is 0 Å². The van der Waals surface area contributed by atoms with Crippen molar-refractivity contribution in [2.24, 2.45) is 0 Å². The molecule has 0 spiro atoms. The highest BCUT2D eigenvalue weighted by Gasteiger charge is 2.08. The first-order valence-corrected chi connectivity index (χ1v) is 9.61. The summed E-state index contributed by atoms with van der Waals surface area (Å²) in [5, 5.41) is 4.21. The van der Waals surface area contributed by atoms with Crippen LogP contribution >= 0.6 is 0 Å². The predicted octanol–water partition coefficient (Wildman–Crippen LogP) is 1.62. The fourth-order valence-corrected chi connectivity index (χ4v) is 3.86. The average Bonchev–Trinajstić information content (AvgIpc) is 3.50. The van der Waals surface area contributed by atoms with E-state index in [2.05, 4.69) is 97.8 Å². The van der Waals surface area contributed by atoms with Crippen molar-refractivity contribution in [2.75, 3.05) is 0 Å². The van der Waals surface area contributed by atoms with Crippen LogP contribution in [-0.4, -0.2) is 24.9 Å². The second-order valence-corrected chi connectivity index (χ2v) is 7.32. The number of hydrogen-bond donors (Lipinski definition) is 5. The highest BCUT2D eigenvalue weighted by atomic mass is 14.8. The Morgan fingerprint density at radius 1 is 0.517 bits per heavy atom. The largest absolute Gasteiger partial charge is 0.361 e. The van der Waals surface area contributed by atoms with Gasteiger partial charge in [0.2, 0.25) is 0 Å². The number of H-pyrrole nitrogens is 5. The molecule has 140 valence electrons. The second kappa shape index (κ2) is 6.21. The van der Waals surface area contributed by atoms with Gasteiger partial charge >= 0.3 is 0 Å². The first kappa shape index (κ1) is 15.9. The molecule has 29 heavy (non-hydrogen) atoms. The summed E-state index contributed by atoms with van der Waals surface area (Å²) >= 11 is 0. The maximum atomic E-state index is 3.55. The molecular weight excluding hydrogens is 358 g/mol.